The largest absolute Gasteiger partial charge is 0.454 e. The smallest absolute Gasteiger partial charge is 0.254 e. The third kappa shape index (κ3) is 5.72. The first-order valence-corrected chi connectivity index (χ1v) is 15.8. The van der Waals surface area contributed by atoms with Crippen molar-refractivity contribution in [2.24, 2.45) is 5.92 Å². The van der Waals surface area contributed by atoms with E-state index in [-0.39, 0.29) is 37.3 Å². The minimum Gasteiger partial charge on any atom is -0.454 e. The summed E-state index contributed by atoms with van der Waals surface area (Å²) in [5, 5.41) is 2.93. The lowest BCUT2D eigenvalue weighted by molar-refractivity contribution is -0.126. The molecule has 1 saturated heterocycles. The molecule has 44 heavy (non-hydrogen) atoms. The van der Waals surface area contributed by atoms with Crippen molar-refractivity contribution in [3.63, 3.8) is 0 Å². The number of ether oxygens (including phenoxy) is 4. The molecule has 6 rings (SSSR count). The van der Waals surface area contributed by atoms with E-state index in [2.05, 4.69) is 10.3 Å². The standard InChI is InChI=1S/C32H35F2N3O6S/c1-17-11-26(44-4)23(31(39)36-17)14-35-30(38)21-13-22(19-5-6-24-25(12-19)41-16-40-24)29-28(18(21)2)42-32(3,43-29)20-7-9-37(10-8-20)15-27(33)34/h5-6,11-13,20,27H,7-10,14-16H2,1-4H3,(H,35,38)(H,36,39). The number of halogens is 2. The number of alkyl halides is 2. The van der Waals surface area contributed by atoms with Gasteiger partial charge in [0, 0.05) is 52.2 Å². The fourth-order valence-corrected chi connectivity index (χ4v) is 6.91. The molecule has 0 spiro atoms. The van der Waals surface area contributed by atoms with Crippen molar-refractivity contribution < 1.29 is 32.5 Å². The van der Waals surface area contributed by atoms with E-state index in [1.165, 1.54) is 11.8 Å². The van der Waals surface area contributed by atoms with Crippen LogP contribution in [0.25, 0.3) is 11.1 Å². The molecule has 0 saturated carbocycles. The van der Waals surface area contributed by atoms with Crippen LogP contribution in [0.1, 0.15) is 46.9 Å². The van der Waals surface area contributed by atoms with E-state index in [0.29, 0.717) is 71.2 Å². The Labute approximate surface area is 258 Å². The fraction of sp³-hybridized carbons (Fsp3) is 0.438. The first-order chi connectivity index (χ1) is 21.1. The zero-order chi connectivity index (χ0) is 31.2. The first kappa shape index (κ1) is 30.3. The lowest BCUT2D eigenvalue weighted by Crippen LogP contribution is -2.49. The molecule has 3 aliphatic rings. The highest BCUT2D eigenvalue weighted by Gasteiger charge is 2.47. The molecular formula is C32H35F2N3O6S. The van der Waals surface area contributed by atoms with Crippen molar-refractivity contribution >= 4 is 17.7 Å². The number of amides is 1. The molecule has 234 valence electrons. The number of piperidine rings is 1. The second-order valence-electron chi connectivity index (χ2n) is 11.5. The van der Waals surface area contributed by atoms with E-state index in [0.717, 1.165) is 16.2 Å². The van der Waals surface area contributed by atoms with Crippen molar-refractivity contribution in [1.82, 2.24) is 15.2 Å². The van der Waals surface area contributed by atoms with Gasteiger partial charge in [0.15, 0.2) is 23.0 Å². The maximum atomic E-state index is 13.7. The van der Waals surface area contributed by atoms with Crippen LogP contribution >= 0.6 is 11.8 Å². The number of hydrogen-bond acceptors (Lipinski definition) is 8. The van der Waals surface area contributed by atoms with Crippen LogP contribution in [0.5, 0.6) is 23.0 Å². The van der Waals surface area contributed by atoms with Crippen molar-refractivity contribution in [3.05, 3.63) is 63.1 Å². The molecule has 1 fully saturated rings. The number of thioether (sulfide) groups is 1. The van der Waals surface area contributed by atoms with E-state index in [4.69, 9.17) is 18.9 Å². The third-order valence-corrected chi connectivity index (χ3v) is 9.43. The van der Waals surface area contributed by atoms with Crippen LogP contribution in [-0.2, 0) is 6.54 Å². The predicted molar refractivity (Wildman–Crippen MR) is 162 cm³/mol. The molecule has 1 amide bonds. The Hall–Kier alpha value is -3.77. The summed E-state index contributed by atoms with van der Waals surface area (Å²) in [7, 11) is 0. The van der Waals surface area contributed by atoms with Crippen LogP contribution in [0.4, 0.5) is 8.78 Å². The highest BCUT2D eigenvalue weighted by Crippen LogP contribution is 2.53. The lowest BCUT2D eigenvalue weighted by atomic mass is 9.89. The van der Waals surface area contributed by atoms with Crippen molar-refractivity contribution in [3.8, 4) is 34.1 Å². The van der Waals surface area contributed by atoms with Gasteiger partial charge >= 0.3 is 0 Å². The van der Waals surface area contributed by atoms with Gasteiger partial charge in [-0.2, -0.15) is 0 Å². The number of benzene rings is 2. The second kappa shape index (κ2) is 12.0. The van der Waals surface area contributed by atoms with Gasteiger partial charge < -0.3 is 29.2 Å². The molecule has 2 aromatic carbocycles. The van der Waals surface area contributed by atoms with Gasteiger partial charge in [0.1, 0.15) is 0 Å². The van der Waals surface area contributed by atoms with E-state index in [1.807, 2.05) is 51.3 Å². The Bertz CT molecular complexity index is 1660. The summed E-state index contributed by atoms with van der Waals surface area (Å²) in [6.45, 7) is 6.46. The maximum absolute atomic E-state index is 13.7. The van der Waals surface area contributed by atoms with E-state index < -0.39 is 12.2 Å². The third-order valence-electron chi connectivity index (χ3n) is 8.62. The van der Waals surface area contributed by atoms with Gasteiger partial charge in [0.2, 0.25) is 6.79 Å². The zero-order valence-electron chi connectivity index (χ0n) is 25.1. The average Bonchev–Trinajstić information content (AvgIpc) is 3.61. The molecule has 2 N–H and O–H groups in total. The van der Waals surface area contributed by atoms with Gasteiger partial charge in [-0.3, -0.25) is 14.5 Å². The van der Waals surface area contributed by atoms with Gasteiger partial charge in [-0.15, -0.1) is 11.8 Å². The van der Waals surface area contributed by atoms with Gasteiger partial charge in [-0.25, -0.2) is 8.78 Å². The van der Waals surface area contributed by atoms with Crippen LogP contribution in [-0.4, -0.2) is 60.7 Å². The number of rotatable bonds is 8. The number of carbonyl (C=O) groups excluding carboxylic acids is 1. The Balaban J connectivity index is 1.33. The number of hydrogen-bond donors (Lipinski definition) is 2. The zero-order valence-corrected chi connectivity index (χ0v) is 25.9. The summed E-state index contributed by atoms with van der Waals surface area (Å²) in [6.07, 6.45) is 0.773. The topological polar surface area (TPSA) is 102 Å². The van der Waals surface area contributed by atoms with E-state index >= 15 is 0 Å². The Morgan fingerprint density at radius 3 is 2.57 bits per heavy atom. The van der Waals surface area contributed by atoms with E-state index in [1.54, 1.807) is 11.0 Å². The summed E-state index contributed by atoms with van der Waals surface area (Å²) < 4.78 is 50.3. The van der Waals surface area contributed by atoms with Gasteiger partial charge in [0.05, 0.1) is 6.54 Å². The number of nitrogens with zero attached hydrogens (tertiary/aromatic N) is 1. The summed E-state index contributed by atoms with van der Waals surface area (Å²) in [4.78, 5) is 31.8. The number of fused-ring (bicyclic) bond motifs is 2. The van der Waals surface area contributed by atoms with Crippen LogP contribution in [0.15, 0.2) is 40.0 Å². The van der Waals surface area contributed by atoms with Crippen molar-refractivity contribution in [2.75, 3.05) is 32.7 Å². The number of aromatic amines is 1. The van der Waals surface area contributed by atoms with E-state index in [9.17, 15) is 18.4 Å². The first-order valence-electron chi connectivity index (χ1n) is 14.6. The molecule has 1 unspecified atom stereocenters. The number of aryl methyl sites for hydroxylation is 1. The molecule has 4 heterocycles. The Morgan fingerprint density at radius 1 is 1.11 bits per heavy atom. The molecule has 3 aliphatic heterocycles. The molecule has 9 nitrogen and oxygen atoms in total. The minimum absolute atomic E-state index is 0.0484. The Kier molecular flexibility index (Phi) is 8.23. The number of H-pyrrole nitrogens is 1. The summed E-state index contributed by atoms with van der Waals surface area (Å²) in [5.74, 6) is 0.711. The molecule has 0 radical (unpaired) electrons. The van der Waals surface area contributed by atoms with Crippen LogP contribution in [0.3, 0.4) is 0 Å². The quantitative estimate of drug-likeness (QED) is 0.316. The van der Waals surface area contributed by atoms with Crippen LogP contribution in [0, 0.1) is 19.8 Å². The van der Waals surface area contributed by atoms with Crippen LogP contribution < -0.4 is 29.8 Å². The Morgan fingerprint density at radius 2 is 1.84 bits per heavy atom. The number of aromatic nitrogens is 1. The number of likely N-dealkylation sites (tertiary alicyclic amines) is 1. The lowest BCUT2D eigenvalue weighted by Gasteiger charge is -2.38. The second-order valence-corrected chi connectivity index (χ2v) is 12.4. The SMILES string of the molecule is CSc1cc(C)[nH]c(=O)c1CNC(=O)c1cc(-c2ccc3c(c2)OCO3)c2c(c1C)OC(C)(C1CCN(CC(F)F)CC1)O2. The highest BCUT2D eigenvalue weighted by molar-refractivity contribution is 7.98. The number of nitrogens with one attached hydrogen (secondary N) is 2. The van der Waals surface area contributed by atoms with Crippen LogP contribution in [0.2, 0.25) is 0 Å². The van der Waals surface area contributed by atoms with Crippen molar-refractivity contribution in [2.45, 2.75) is 57.3 Å². The summed E-state index contributed by atoms with van der Waals surface area (Å²) >= 11 is 1.45. The minimum atomic E-state index is -2.38. The van der Waals surface area contributed by atoms with Gasteiger partial charge in [0.25, 0.3) is 23.7 Å². The molecule has 12 heteroatoms. The predicted octanol–water partition coefficient (Wildman–Crippen LogP) is 5.50. The highest BCUT2D eigenvalue weighted by atomic mass is 32.2. The summed E-state index contributed by atoms with van der Waals surface area (Å²) in [5.41, 5.74) is 3.36. The number of pyridine rings is 1. The molecule has 1 aromatic heterocycles. The monoisotopic (exact) mass is 627 g/mol. The van der Waals surface area contributed by atoms with Crippen molar-refractivity contribution in [1.29, 1.82) is 0 Å². The van der Waals surface area contributed by atoms with Gasteiger partial charge in [-0.05, 0) is 75.9 Å². The fourth-order valence-electron chi connectivity index (χ4n) is 6.20. The normalized spacial score (nSPS) is 19.5. The molecule has 3 aromatic rings. The number of carbonyl (C=O) groups is 1. The average molecular weight is 628 g/mol. The molecule has 1 atom stereocenters. The molecule has 0 aliphatic carbocycles. The molecule has 0 bridgehead atoms. The van der Waals surface area contributed by atoms with Gasteiger partial charge in [-0.1, -0.05) is 6.07 Å². The molecular weight excluding hydrogens is 592 g/mol. The maximum Gasteiger partial charge on any atom is 0.254 e. The summed E-state index contributed by atoms with van der Waals surface area (Å²) in [6, 6.07) is 9.18.